The Balaban J connectivity index is 1.59. The minimum absolute atomic E-state index is 0.0357. The Bertz CT molecular complexity index is 1090. The minimum atomic E-state index is -0.190. The zero-order valence-electron chi connectivity index (χ0n) is 16.2. The van der Waals surface area contributed by atoms with Crippen molar-refractivity contribution in [2.75, 3.05) is 5.32 Å². The fraction of sp³-hybridized carbons (Fsp3) is 0.292. The molecule has 146 valence electrons. The highest BCUT2D eigenvalue weighted by Crippen LogP contribution is 2.35. The molecule has 1 aromatic heterocycles. The second kappa shape index (κ2) is 7.32. The van der Waals surface area contributed by atoms with E-state index in [4.69, 9.17) is 0 Å². The maximum Gasteiger partial charge on any atom is 0.273 e. The van der Waals surface area contributed by atoms with Gasteiger partial charge in [0.05, 0.1) is 11.1 Å². The average molecular weight is 385 g/mol. The summed E-state index contributed by atoms with van der Waals surface area (Å²) in [5.41, 5.74) is 3.19. The number of anilines is 1. The predicted molar refractivity (Wildman–Crippen MR) is 113 cm³/mol. The van der Waals surface area contributed by atoms with Crippen molar-refractivity contribution in [3.05, 3.63) is 71.4 Å². The van der Waals surface area contributed by atoms with Gasteiger partial charge in [-0.15, -0.1) is 0 Å². The summed E-state index contributed by atoms with van der Waals surface area (Å²) >= 11 is 0. The number of benzene rings is 2. The molecule has 2 amide bonds. The van der Waals surface area contributed by atoms with Gasteiger partial charge in [-0.2, -0.15) is 0 Å². The van der Waals surface area contributed by atoms with Gasteiger partial charge in [0.2, 0.25) is 0 Å². The lowest BCUT2D eigenvalue weighted by Crippen LogP contribution is -2.37. The lowest BCUT2D eigenvalue weighted by Gasteiger charge is -2.30. The monoisotopic (exact) mass is 385 g/mol. The van der Waals surface area contributed by atoms with Crippen LogP contribution < -0.4 is 5.32 Å². The Kier molecular flexibility index (Phi) is 4.51. The third kappa shape index (κ3) is 3.16. The molecule has 0 bridgehead atoms. The van der Waals surface area contributed by atoms with Crippen LogP contribution in [0, 0.1) is 0 Å². The van der Waals surface area contributed by atoms with Crippen LogP contribution in [0.25, 0.3) is 10.9 Å². The van der Waals surface area contributed by atoms with Crippen molar-refractivity contribution >= 4 is 28.4 Å². The highest BCUT2D eigenvalue weighted by molar-refractivity contribution is 6.16. The molecule has 2 aromatic carbocycles. The molecular formula is C24H23N3O2. The van der Waals surface area contributed by atoms with Crippen LogP contribution in [0.1, 0.15) is 58.5 Å². The van der Waals surface area contributed by atoms with Crippen molar-refractivity contribution in [2.24, 2.45) is 0 Å². The number of rotatable bonds is 3. The molecule has 1 fully saturated rings. The first-order chi connectivity index (χ1) is 14.2. The molecule has 0 unspecified atom stereocenters. The maximum absolute atomic E-state index is 13.3. The molecule has 2 aliphatic rings. The Hall–Kier alpha value is -3.21. The third-order valence-electron chi connectivity index (χ3n) is 6.06. The minimum Gasteiger partial charge on any atom is -0.330 e. The van der Waals surface area contributed by atoms with Crippen molar-refractivity contribution < 1.29 is 9.59 Å². The summed E-state index contributed by atoms with van der Waals surface area (Å²) < 4.78 is 0. The van der Waals surface area contributed by atoms with Crippen molar-refractivity contribution in [2.45, 2.75) is 44.7 Å². The van der Waals surface area contributed by atoms with Crippen LogP contribution in [0.3, 0.4) is 0 Å². The number of hydrogen-bond donors (Lipinski definition) is 1. The number of aromatic nitrogens is 1. The zero-order valence-corrected chi connectivity index (χ0v) is 16.2. The number of carbonyl (C=O) groups is 2. The lowest BCUT2D eigenvalue weighted by molar-refractivity contribution is 0.0655. The van der Waals surface area contributed by atoms with Crippen LogP contribution in [0.2, 0.25) is 0 Å². The number of amides is 2. The van der Waals surface area contributed by atoms with Crippen molar-refractivity contribution in [3.8, 4) is 0 Å². The number of para-hydroxylation sites is 2. The largest absolute Gasteiger partial charge is 0.330 e. The normalized spacial score (nSPS) is 16.8. The molecule has 0 saturated heterocycles. The van der Waals surface area contributed by atoms with E-state index in [1.165, 1.54) is 6.42 Å². The molecule has 5 rings (SSSR count). The van der Waals surface area contributed by atoms with Gasteiger partial charge in [-0.3, -0.25) is 9.59 Å². The van der Waals surface area contributed by atoms with Crippen LogP contribution in [0.4, 0.5) is 5.69 Å². The topological polar surface area (TPSA) is 62.3 Å². The molecule has 1 aliphatic heterocycles. The van der Waals surface area contributed by atoms with E-state index in [0.717, 1.165) is 42.3 Å². The van der Waals surface area contributed by atoms with Crippen LogP contribution in [0.5, 0.6) is 0 Å². The number of nitrogens with one attached hydrogen (secondary N) is 1. The fourth-order valence-electron chi connectivity index (χ4n) is 4.62. The van der Waals surface area contributed by atoms with Gasteiger partial charge in [-0.1, -0.05) is 55.7 Å². The van der Waals surface area contributed by atoms with Crippen LogP contribution in [-0.4, -0.2) is 27.7 Å². The van der Waals surface area contributed by atoms with Gasteiger partial charge >= 0.3 is 0 Å². The Morgan fingerprint density at radius 2 is 1.69 bits per heavy atom. The van der Waals surface area contributed by atoms with Gasteiger partial charge in [0.1, 0.15) is 5.69 Å². The number of fused-ring (bicyclic) bond motifs is 2. The van der Waals surface area contributed by atoms with E-state index in [0.29, 0.717) is 23.3 Å². The standard InChI is InChI=1S/C24H23N3O2/c28-23(25-16-9-3-1-4-10-16)21-18-13-7-8-14-20(18)26-22-19(21)15-27(24(22)29)17-11-5-2-6-12-17/h1,3-4,7-10,13-14,17H,2,5-6,11-12,15H2,(H,25,28). The molecule has 0 atom stereocenters. The molecule has 0 radical (unpaired) electrons. The molecule has 5 nitrogen and oxygen atoms in total. The summed E-state index contributed by atoms with van der Waals surface area (Å²) in [5, 5.41) is 3.78. The van der Waals surface area contributed by atoms with E-state index in [1.807, 2.05) is 59.5 Å². The fourth-order valence-corrected chi connectivity index (χ4v) is 4.62. The maximum atomic E-state index is 13.3. The zero-order chi connectivity index (χ0) is 19.8. The van der Waals surface area contributed by atoms with Crippen molar-refractivity contribution in [1.82, 2.24) is 9.88 Å². The summed E-state index contributed by atoms with van der Waals surface area (Å²) in [5.74, 6) is -0.226. The molecule has 1 aliphatic carbocycles. The van der Waals surface area contributed by atoms with Crippen molar-refractivity contribution in [3.63, 3.8) is 0 Å². The number of nitrogens with zero attached hydrogens (tertiary/aromatic N) is 2. The van der Waals surface area contributed by atoms with Gasteiger partial charge in [-0.05, 0) is 31.0 Å². The van der Waals surface area contributed by atoms with Gasteiger partial charge < -0.3 is 10.2 Å². The smallest absolute Gasteiger partial charge is 0.273 e. The summed E-state index contributed by atoms with van der Waals surface area (Å²) in [6, 6.07) is 17.2. The highest BCUT2D eigenvalue weighted by atomic mass is 16.2. The molecule has 1 saturated carbocycles. The van der Waals surface area contributed by atoms with Gasteiger partial charge in [-0.25, -0.2) is 4.98 Å². The molecule has 1 N–H and O–H groups in total. The van der Waals surface area contributed by atoms with Gasteiger partial charge in [0.25, 0.3) is 11.8 Å². The summed E-state index contributed by atoms with van der Waals surface area (Å²) in [4.78, 5) is 33.1. The van der Waals surface area contributed by atoms with E-state index < -0.39 is 0 Å². The van der Waals surface area contributed by atoms with E-state index in [2.05, 4.69) is 10.3 Å². The van der Waals surface area contributed by atoms with Crippen LogP contribution in [-0.2, 0) is 6.54 Å². The SMILES string of the molecule is O=C(Nc1ccccc1)c1c2c(nc3ccccc13)C(=O)N(C1CCCCC1)C2. The van der Waals surface area contributed by atoms with Gasteiger partial charge in [0.15, 0.2) is 0 Å². The molecule has 2 heterocycles. The Morgan fingerprint density at radius 3 is 2.48 bits per heavy atom. The Morgan fingerprint density at radius 1 is 0.966 bits per heavy atom. The van der Waals surface area contributed by atoms with E-state index >= 15 is 0 Å². The van der Waals surface area contributed by atoms with E-state index in [9.17, 15) is 9.59 Å². The Labute approximate surface area is 169 Å². The second-order valence-electron chi connectivity index (χ2n) is 7.88. The van der Waals surface area contributed by atoms with Gasteiger partial charge in [0, 0.05) is 29.2 Å². The number of hydrogen-bond acceptors (Lipinski definition) is 3. The summed E-state index contributed by atoms with van der Waals surface area (Å²) in [6.45, 7) is 0.466. The van der Waals surface area contributed by atoms with Crippen molar-refractivity contribution in [1.29, 1.82) is 0 Å². The number of pyridine rings is 1. The molecule has 3 aromatic rings. The first-order valence-corrected chi connectivity index (χ1v) is 10.3. The lowest BCUT2D eigenvalue weighted by atomic mass is 9.94. The predicted octanol–water partition coefficient (Wildman–Crippen LogP) is 4.78. The molecular weight excluding hydrogens is 362 g/mol. The first kappa shape index (κ1) is 17.9. The average Bonchev–Trinajstić information content (AvgIpc) is 3.09. The first-order valence-electron chi connectivity index (χ1n) is 10.3. The number of carbonyl (C=O) groups excluding carboxylic acids is 2. The molecule has 0 spiro atoms. The molecule has 29 heavy (non-hydrogen) atoms. The quantitative estimate of drug-likeness (QED) is 0.706. The van der Waals surface area contributed by atoms with Crippen LogP contribution in [0.15, 0.2) is 54.6 Å². The highest BCUT2D eigenvalue weighted by Gasteiger charge is 2.37. The van der Waals surface area contributed by atoms with Crippen LogP contribution >= 0.6 is 0 Å². The van der Waals surface area contributed by atoms with E-state index in [-0.39, 0.29) is 17.9 Å². The second-order valence-corrected chi connectivity index (χ2v) is 7.88. The third-order valence-corrected chi connectivity index (χ3v) is 6.06. The van der Waals surface area contributed by atoms with E-state index in [1.54, 1.807) is 0 Å². The summed E-state index contributed by atoms with van der Waals surface area (Å²) in [6.07, 6.45) is 5.61. The summed E-state index contributed by atoms with van der Waals surface area (Å²) in [7, 11) is 0. The molecule has 5 heteroatoms.